The third kappa shape index (κ3) is 4.20. The third-order valence-electron chi connectivity index (χ3n) is 5.13. The van der Waals surface area contributed by atoms with Crippen LogP contribution in [-0.4, -0.2) is 27.2 Å². The molecule has 0 saturated heterocycles. The van der Waals surface area contributed by atoms with Crippen LogP contribution in [0.1, 0.15) is 31.0 Å². The predicted octanol–water partition coefficient (Wildman–Crippen LogP) is 2.41. The smallest absolute Gasteiger partial charge is 0.338 e. The molecule has 0 fully saturated rings. The minimum absolute atomic E-state index is 0.100. The molecule has 168 valence electrons. The number of phenols is 1. The number of rotatable bonds is 5. The van der Waals surface area contributed by atoms with E-state index >= 15 is 0 Å². The number of thiazole rings is 1. The molecule has 1 atom stereocenters. The van der Waals surface area contributed by atoms with Crippen molar-refractivity contribution >= 4 is 29.1 Å². The summed E-state index contributed by atoms with van der Waals surface area (Å²) in [5.41, 5.74) is 1.39. The Balaban J connectivity index is 1.93. The van der Waals surface area contributed by atoms with Crippen molar-refractivity contribution in [1.29, 1.82) is 0 Å². The maximum Gasteiger partial charge on any atom is 0.338 e. The van der Waals surface area contributed by atoms with Crippen LogP contribution in [0.2, 0.25) is 0 Å². The van der Waals surface area contributed by atoms with E-state index in [-0.39, 0.29) is 29.2 Å². The molecule has 1 unspecified atom stereocenters. The molecular formula is C23H19N3O6S. The largest absolute Gasteiger partial charge is 0.508 e. The van der Waals surface area contributed by atoms with Crippen molar-refractivity contribution in [3.8, 4) is 5.75 Å². The van der Waals surface area contributed by atoms with Crippen molar-refractivity contribution in [2.75, 3.05) is 6.61 Å². The molecule has 1 aliphatic heterocycles. The lowest BCUT2D eigenvalue weighted by molar-refractivity contribution is -0.384. The van der Waals surface area contributed by atoms with Gasteiger partial charge in [0.2, 0.25) is 0 Å². The van der Waals surface area contributed by atoms with Crippen molar-refractivity contribution < 1.29 is 19.6 Å². The fraction of sp³-hybridized carbons (Fsp3) is 0.174. The predicted molar refractivity (Wildman–Crippen MR) is 122 cm³/mol. The number of non-ortho nitro benzene ring substituents is 1. The minimum atomic E-state index is -0.844. The zero-order valence-corrected chi connectivity index (χ0v) is 18.5. The Hall–Kier alpha value is -4.05. The van der Waals surface area contributed by atoms with Crippen LogP contribution in [-0.2, 0) is 9.53 Å². The zero-order valence-electron chi connectivity index (χ0n) is 17.7. The van der Waals surface area contributed by atoms with Gasteiger partial charge in [0.25, 0.3) is 11.2 Å². The summed E-state index contributed by atoms with van der Waals surface area (Å²) in [4.78, 5) is 41.7. The maximum absolute atomic E-state index is 13.4. The first kappa shape index (κ1) is 22.2. The van der Waals surface area contributed by atoms with Crippen LogP contribution in [0.15, 0.2) is 69.6 Å². The van der Waals surface area contributed by atoms with Crippen molar-refractivity contribution in [2.45, 2.75) is 19.9 Å². The van der Waals surface area contributed by atoms with Gasteiger partial charge in [-0.15, -0.1) is 0 Å². The first-order chi connectivity index (χ1) is 15.8. The van der Waals surface area contributed by atoms with Gasteiger partial charge >= 0.3 is 5.97 Å². The van der Waals surface area contributed by atoms with E-state index in [4.69, 9.17) is 4.74 Å². The minimum Gasteiger partial charge on any atom is -0.508 e. The number of allylic oxidation sites excluding steroid dienone is 1. The van der Waals surface area contributed by atoms with Crippen LogP contribution < -0.4 is 14.9 Å². The number of aromatic nitrogens is 1. The standard InChI is InChI=1S/C23H19N3O6S/c1-3-32-22(29)19-13(2)24-23-25(20(19)15-6-8-16(9-7-15)26(30)31)21(28)18(33-23)12-14-4-10-17(27)11-5-14/h4-12,20,27H,3H2,1-2H3/b18-12-. The number of carbonyl (C=O) groups excluding carboxylic acids is 1. The highest BCUT2D eigenvalue weighted by Crippen LogP contribution is 2.31. The number of phenolic OH excluding ortho intramolecular Hbond substituents is 1. The van der Waals surface area contributed by atoms with Gasteiger partial charge in [-0.05, 0) is 55.3 Å². The first-order valence-electron chi connectivity index (χ1n) is 10.0. The molecule has 0 spiro atoms. The molecule has 33 heavy (non-hydrogen) atoms. The second kappa shape index (κ2) is 8.83. The fourth-order valence-electron chi connectivity index (χ4n) is 3.61. The van der Waals surface area contributed by atoms with Crippen molar-refractivity contribution in [3.63, 3.8) is 0 Å². The van der Waals surface area contributed by atoms with Gasteiger partial charge in [-0.3, -0.25) is 19.5 Å². The van der Waals surface area contributed by atoms with E-state index in [0.717, 1.165) is 0 Å². The number of nitro benzene ring substituents is 1. The number of ether oxygens (including phenoxy) is 1. The van der Waals surface area contributed by atoms with Crippen LogP contribution in [0.5, 0.6) is 5.75 Å². The van der Waals surface area contributed by atoms with E-state index in [9.17, 15) is 24.8 Å². The van der Waals surface area contributed by atoms with Crippen molar-refractivity contribution in [3.05, 3.63) is 101 Å². The highest BCUT2D eigenvalue weighted by atomic mass is 32.1. The third-order valence-corrected chi connectivity index (χ3v) is 6.11. The lowest BCUT2D eigenvalue weighted by Crippen LogP contribution is -2.39. The average Bonchev–Trinajstić information content (AvgIpc) is 3.09. The van der Waals surface area contributed by atoms with Crippen LogP contribution in [0.3, 0.4) is 0 Å². The number of hydrogen-bond acceptors (Lipinski definition) is 8. The van der Waals surface area contributed by atoms with Gasteiger partial charge in [0.15, 0.2) is 4.80 Å². The number of benzene rings is 2. The van der Waals surface area contributed by atoms with E-state index in [1.54, 1.807) is 32.1 Å². The number of esters is 1. The highest BCUT2D eigenvalue weighted by molar-refractivity contribution is 7.07. The summed E-state index contributed by atoms with van der Waals surface area (Å²) in [6.45, 7) is 3.50. The molecule has 2 aromatic carbocycles. The quantitative estimate of drug-likeness (QED) is 0.351. The first-order valence-corrected chi connectivity index (χ1v) is 10.8. The fourth-order valence-corrected chi connectivity index (χ4v) is 4.65. The van der Waals surface area contributed by atoms with Gasteiger partial charge in [0.1, 0.15) is 5.75 Å². The molecule has 1 N–H and O–H groups in total. The molecule has 9 nitrogen and oxygen atoms in total. The number of nitrogens with zero attached hydrogens (tertiary/aromatic N) is 3. The number of carbonyl (C=O) groups is 1. The average molecular weight is 465 g/mol. The van der Waals surface area contributed by atoms with Gasteiger partial charge in [0, 0.05) is 12.1 Å². The van der Waals surface area contributed by atoms with Gasteiger partial charge in [-0.2, -0.15) is 0 Å². The monoisotopic (exact) mass is 465 g/mol. The van der Waals surface area contributed by atoms with E-state index in [1.165, 1.54) is 52.3 Å². The Kier molecular flexibility index (Phi) is 5.93. The maximum atomic E-state index is 13.4. The number of aromatic hydroxyl groups is 1. The van der Waals surface area contributed by atoms with Gasteiger partial charge < -0.3 is 9.84 Å². The summed E-state index contributed by atoms with van der Waals surface area (Å²) < 4.78 is 7.03. The molecule has 0 aliphatic carbocycles. The molecule has 0 amide bonds. The molecule has 3 aromatic rings. The second-order valence-electron chi connectivity index (χ2n) is 7.24. The summed E-state index contributed by atoms with van der Waals surface area (Å²) >= 11 is 1.17. The lowest BCUT2D eigenvalue weighted by Gasteiger charge is -2.24. The van der Waals surface area contributed by atoms with Crippen molar-refractivity contribution in [1.82, 2.24) is 4.57 Å². The summed E-state index contributed by atoms with van der Waals surface area (Å²) in [6.07, 6.45) is 1.68. The normalized spacial score (nSPS) is 15.7. The number of hydrogen-bond donors (Lipinski definition) is 1. The summed E-state index contributed by atoms with van der Waals surface area (Å²) in [6, 6.07) is 11.3. The lowest BCUT2D eigenvalue weighted by atomic mass is 9.95. The van der Waals surface area contributed by atoms with E-state index < -0.39 is 16.9 Å². The molecule has 0 saturated carbocycles. The van der Waals surface area contributed by atoms with Crippen LogP contribution in [0.25, 0.3) is 6.08 Å². The van der Waals surface area contributed by atoms with Crippen LogP contribution in [0, 0.1) is 10.1 Å². The SMILES string of the molecule is CCOC(=O)C1=C(C)N=c2s/c(=C\c3ccc(O)cc3)c(=O)n2C1c1ccc([N+](=O)[O-])cc1. The molecule has 1 aromatic heterocycles. The molecule has 0 bridgehead atoms. The Labute approximate surface area is 191 Å². The summed E-state index contributed by atoms with van der Waals surface area (Å²) in [7, 11) is 0. The van der Waals surface area contributed by atoms with Crippen LogP contribution in [0.4, 0.5) is 5.69 Å². The molecule has 1 aliphatic rings. The molecule has 0 radical (unpaired) electrons. The number of fused-ring (bicyclic) bond motifs is 1. The molecule has 10 heteroatoms. The van der Waals surface area contributed by atoms with E-state index in [0.29, 0.717) is 26.2 Å². The van der Waals surface area contributed by atoms with Crippen molar-refractivity contribution in [2.24, 2.45) is 4.99 Å². The van der Waals surface area contributed by atoms with Gasteiger partial charge in [-0.1, -0.05) is 23.5 Å². The Morgan fingerprint density at radius 1 is 1.24 bits per heavy atom. The Bertz CT molecular complexity index is 1450. The molecule has 2 heterocycles. The topological polar surface area (TPSA) is 124 Å². The van der Waals surface area contributed by atoms with Gasteiger partial charge in [0.05, 0.1) is 33.4 Å². The van der Waals surface area contributed by atoms with Crippen LogP contribution >= 0.6 is 11.3 Å². The van der Waals surface area contributed by atoms with E-state index in [2.05, 4.69) is 4.99 Å². The molecule has 4 rings (SSSR count). The molecular weight excluding hydrogens is 446 g/mol. The Morgan fingerprint density at radius 3 is 2.52 bits per heavy atom. The van der Waals surface area contributed by atoms with Gasteiger partial charge in [-0.25, -0.2) is 9.79 Å². The van der Waals surface area contributed by atoms with E-state index in [1.807, 2.05) is 0 Å². The second-order valence-corrected chi connectivity index (χ2v) is 8.25. The summed E-state index contributed by atoms with van der Waals surface area (Å²) in [5.74, 6) is -0.489. The Morgan fingerprint density at radius 2 is 1.91 bits per heavy atom. The highest BCUT2D eigenvalue weighted by Gasteiger charge is 2.33. The summed E-state index contributed by atoms with van der Waals surface area (Å²) in [5, 5.41) is 20.6. The number of nitro groups is 1. The zero-order chi connectivity index (χ0) is 23.7.